The van der Waals surface area contributed by atoms with Gasteiger partial charge in [-0.25, -0.2) is 0 Å². The van der Waals surface area contributed by atoms with Crippen molar-refractivity contribution >= 4 is 11.9 Å². The van der Waals surface area contributed by atoms with Crippen molar-refractivity contribution in [1.29, 1.82) is 0 Å². The van der Waals surface area contributed by atoms with Gasteiger partial charge in [-0.05, 0) is 12.8 Å². The van der Waals surface area contributed by atoms with Gasteiger partial charge in [-0.1, -0.05) is 5.10 Å². The molecule has 0 spiro atoms. The maximum absolute atomic E-state index is 11.3. The second kappa shape index (κ2) is 3.65. The summed E-state index contributed by atoms with van der Waals surface area (Å²) in [7, 11) is 0. The average Bonchev–Trinajstić information content (AvgIpc) is 2.56. The first-order valence-corrected chi connectivity index (χ1v) is 4.60. The Kier molecular flexibility index (Phi) is 2.34. The van der Waals surface area contributed by atoms with E-state index in [1.54, 1.807) is 6.92 Å². The van der Waals surface area contributed by atoms with Crippen molar-refractivity contribution in [3.8, 4) is 0 Å². The summed E-state index contributed by atoms with van der Waals surface area (Å²) in [5, 5.41) is 13.1. The summed E-state index contributed by atoms with van der Waals surface area (Å²) in [6.07, 6.45) is 1.77. The zero-order valence-electron chi connectivity index (χ0n) is 7.91. The predicted molar refractivity (Wildman–Crippen MR) is 48.7 cm³/mol. The first-order valence-electron chi connectivity index (χ1n) is 4.60. The van der Waals surface area contributed by atoms with Gasteiger partial charge in [0.2, 0.25) is 11.8 Å². The van der Waals surface area contributed by atoms with E-state index in [-0.39, 0.29) is 11.9 Å². The first-order chi connectivity index (χ1) is 6.75. The van der Waals surface area contributed by atoms with Crippen LogP contribution in [0.15, 0.2) is 4.42 Å². The van der Waals surface area contributed by atoms with Crippen molar-refractivity contribution in [2.75, 3.05) is 11.9 Å². The average molecular weight is 196 g/mol. The molecule has 1 amide bonds. The van der Waals surface area contributed by atoms with Crippen LogP contribution in [-0.2, 0) is 4.79 Å². The van der Waals surface area contributed by atoms with Crippen LogP contribution in [0.25, 0.3) is 0 Å². The molecular formula is C8H12N4O2. The van der Waals surface area contributed by atoms with E-state index in [0.29, 0.717) is 11.9 Å². The molecule has 1 aromatic heterocycles. The van der Waals surface area contributed by atoms with Gasteiger partial charge in [0.05, 0.1) is 0 Å². The Morgan fingerprint density at radius 2 is 2.43 bits per heavy atom. The minimum absolute atomic E-state index is 0.00731. The van der Waals surface area contributed by atoms with Crippen LogP contribution in [0.5, 0.6) is 0 Å². The Morgan fingerprint density at radius 1 is 1.57 bits per heavy atom. The quantitative estimate of drug-likeness (QED) is 0.699. The van der Waals surface area contributed by atoms with Crippen LogP contribution in [-0.4, -0.2) is 28.7 Å². The number of hydrogen-bond acceptors (Lipinski definition) is 5. The number of carbonyl (C=O) groups excluding carboxylic acids is 1. The van der Waals surface area contributed by atoms with E-state index in [9.17, 15) is 4.79 Å². The standard InChI is InChI=1S/C8H12N4O2/c1-5-11-12-8(14-5)10-6-3-2-4-9-7(6)13/h6H,2-4H2,1H3,(H,9,13)(H,10,12). The summed E-state index contributed by atoms with van der Waals surface area (Å²) in [5.74, 6) is 0.482. The van der Waals surface area contributed by atoms with Gasteiger partial charge in [-0.2, -0.15) is 0 Å². The predicted octanol–water partition coefficient (Wildman–Crippen LogP) is 0.0685. The lowest BCUT2D eigenvalue weighted by molar-refractivity contribution is -0.123. The number of hydrogen-bond donors (Lipinski definition) is 2. The third kappa shape index (κ3) is 1.84. The lowest BCUT2D eigenvalue weighted by atomic mass is 10.1. The summed E-state index contributed by atoms with van der Waals surface area (Å²) < 4.78 is 5.12. The second-order valence-corrected chi connectivity index (χ2v) is 3.26. The zero-order valence-corrected chi connectivity index (χ0v) is 7.91. The molecule has 1 saturated heterocycles. The molecule has 1 atom stereocenters. The fourth-order valence-corrected chi connectivity index (χ4v) is 1.41. The third-order valence-corrected chi connectivity index (χ3v) is 2.11. The van der Waals surface area contributed by atoms with Crippen LogP contribution >= 0.6 is 0 Å². The number of aryl methyl sites for hydroxylation is 1. The Morgan fingerprint density at radius 3 is 3.07 bits per heavy atom. The van der Waals surface area contributed by atoms with Gasteiger partial charge in [-0.15, -0.1) is 5.10 Å². The first kappa shape index (κ1) is 8.98. The van der Waals surface area contributed by atoms with Crippen LogP contribution in [0, 0.1) is 6.92 Å². The molecule has 6 nitrogen and oxygen atoms in total. The molecule has 0 aromatic carbocycles. The second-order valence-electron chi connectivity index (χ2n) is 3.26. The highest BCUT2D eigenvalue weighted by Crippen LogP contribution is 2.11. The molecule has 6 heteroatoms. The number of piperidine rings is 1. The van der Waals surface area contributed by atoms with Crippen LogP contribution in [0.2, 0.25) is 0 Å². The minimum atomic E-state index is -0.247. The highest BCUT2D eigenvalue weighted by molar-refractivity contribution is 5.84. The molecule has 14 heavy (non-hydrogen) atoms. The van der Waals surface area contributed by atoms with Crippen LogP contribution < -0.4 is 10.6 Å². The molecule has 2 heterocycles. The van der Waals surface area contributed by atoms with Crippen LogP contribution in [0.4, 0.5) is 6.01 Å². The van der Waals surface area contributed by atoms with E-state index in [0.717, 1.165) is 19.4 Å². The molecule has 0 aliphatic carbocycles. The molecule has 0 saturated carbocycles. The Bertz CT molecular complexity index is 336. The fraction of sp³-hybridized carbons (Fsp3) is 0.625. The SMILES string of the molecule is Cc1nnc(NC2CCCNC2=O)o1. The Balaban J connectivity index is 1.99. The summed E-state index contributed by atoms with van der Waals surface area (Å²) in [6.45, 7) is 2.46. The zero-order chi connectivity index (χ0) is 9.97. The van der Waals surface area contributed by atoms with Gasteiger partial charge in [0, 0.05) is 13.5 Å². The lowest BCUT2D eigenvalue weighted by Gasteiger charge is -2.21. The van der Waals surface area contributed by atoms with Gasteiger partial charge in [0.25, 0.3) is 0 Å². The van der Waals surface area contributed by atoms with Gasteiger partial charge in [-0.3, -0.25) is 4.79 Å². The van der Waals surface area contributed by atoms with Crippen molar-refractivity contribution in [2.24, 2.45) is 0 Å². The van der Waals surface area contributed by atoms with Crippen molar-refractivity contribution in [2.45, 2.75) is 25.8 Å². The van der Waals surface area contributed by atoms with E-state index < -0.39 is 0 Å². The molecule has 76 valence electrons. The Labute approximate surface area is 81.1 Å². The van der Waals surface area contributed by atoms with E-state index in [1.165, 1.54) is 0 Å². The van der Waals surface area contributed by atoms with Crippen molar-refractivity contribution < 1.29 is 9.21 Å². The van der Waals surface area contributed by atoms with Crippen LogP contribution in [0.1, 0.15) is 18.7 Å². The molecule has 1 aromatic rings. The molecule has 2 rings (SSSR count). The van der Waals surface area contributed by atoms with Crippen molar-refractivity contribution in [1.82, 2.24) is 15.5 Å². The molecule has 0 radical (unpaired) electrons. The largest absolute Gasteiger partial charge is 0.408 e. The summed E-state index contributed by atoms with van der Waals surface area (Å²) in [5.41, 5.74) is 0. The highest BCUT2D eigenvalue weighted by Gasteiger charge is 2.23. The highest BCUT2D eigenvalue weighted by atomic mass is 16.4. The van der Waals surface area contributed by atoms with E-state index in [1.807, 2.05) is 0 Å². The third-order valence-electron chi connectivity index (χ3n) is 2.11. The van der Waals surface area contributed by atoms with Gasteiger partial charge < -0.3 is 15.1 Å². The summed E-state index contributed by atoms with van der Waals surface area (Å²) >= 11 is 0. The molecule has 1 aliphatic heterocycles. The van der Waals surface area contributed by atoms with Gasteiger partial charge in [0.1, 0.15) is 6.04 Å². The molecule has 1 unspecified atom stereocenters. The molecule has 0 bridgehead atoms. The maximum atomic E-state index is 11.3. The fourth-order valence-electron chi connectivity index (χ4n) is 1.41. The lowest BCUT2D eigenvalue weighted by Crippen LogP contribution is -2.44. The number of anilines is 1. The van der Waals surface area contributed by atoms with Crippen molar-refractivity contribution in [3.63, 3.8) is 0 Å². The van der Waals surface area contributed by atoms with Gasteiger partial charge >= 0.3 is 6.01 Å². The van der Waals surface area contributed by atoms with E-state index in [2.05, 4.69) is 20.8 Å². The minimum Gasteiger partial charge on any atom is -0.408 e. The maximum Gasteiger partial charge on any atom is 0.316 e. The topological polar surface area (TPSA) is 80.0 Å². The monoisotopic (exact) mass is 196 g/mol. The number of carbonyl (C=O) groups is 1. The smallest absolute Gasteiger partial charge is 0.316 e. The van der Waals surface area contributed by atoms with E-state index >= 15 is 0 Å². The molecular weight excluding hydrogens is 184 g/mol. The van der Waals surface area contributed by atoms with Gasteiger partial charge in [0.15, 0.2) is 0 Å². The summed E-state index contributed by atoms with van der Waals surface area (Å²) in [4.78, 5) is 11.3. The Hall–Kier alpha value is -1.59. The number of nitrogens with one attached hydrogen (secondary N) is 2. The normalized spacial score (nSPS) is 21.8. The molecule has 1 fully saturated rings. The van der Waals surface area contributed by atoms with Crippen LogP contribution in [0.3, 0.4) is 0 Å². The van der Waals surface area contributed by atoms with Crippen molar-refractivity contribution in [3.05, 3.63) is 5.89 Å². The number of nitrogens with zero attached hydrogens (tertiary/aromatic N) is 2. The molecule has 1 aliphatic rings. The summed E-state index contributed by atoms with van der Waals surface area (Å²) in [6, 6.07) is 0.0631. The number of rotatable bonds is 2. The van der Waals surface area contributed by atoms with E-state index in [4.69, 9.17) is 4.42 Å². The number of amides is 1. The number of aromatic nitrogens is 2. The molecule has 2 N–H and O–H groups in total.